The Morgan fingerprint density at radius 1 is 1.26 bits per heavy atom. The van der Waals surface area contributed by atoms with Gasteiger partial charge in [-0.3, -0.25) is 9.88 Å². The molecule has 0 radical (unpaired) electrons. The third-order valence-electron chi connectivity index (χ3n) is 5.44. The van der Waals surface area contributed by atoms with Crippen molar-refractivity contribution in [3.05, 3.63) is 71.8 Å². The van der Waals surface area contributed by atoms with Crippen LogP contribution in [0.1, 0.15) is 42.4 Å². The third-order valence-corrected chi connectivity index (χ3v) is 5.44. The number of imidazole rings is 1. The average molecular weight is 361 g/mol. The first kappa shape index (κ1) is 17.9. The van der Waals surface area contributed by atoms with E-state index in [4.69, 9.17) is 15.7 Å². The minimum Gasteiger partial charge on any atom is -0.341 e. The van der Waals surface area contributed by atoms with E-state index in [-0.39, 0.29) is 0 Å². The summed E-state index contributed by atoms with van der Waals surface area (Å²) in [5.74, 6) is 0.998. The predicted octanol–water partition coefficient (Wildman–Crippen LogP) is 3.74. The number of aromatic amines is 1. The lowest BCUT2D eigenvalue weighted by molar-refractivity contribution is 0.164. The van der Waals surface area contributed by atoms with Crippen molar-refractivity contribution in [2.24, 2.45) is 5.73 Å². The van der Waals surface area contributed by atoms with Gasteiger partial charge in [0.25, 0.3) is 0 Å². The van der Waals surface area contributed by atoms with Crippen molar-refractivity contribution >= 4 is 11.0 Å². The van der Waals surface area contributed by atoms with Gasteiger partial charge in [-0.2, -0.15) is 0 Å². The molecule has 5 nitrogen and oxygen atoms in total. The molecule has 1 unspecified atom stereocenters. The highest BCUT2D eigenvalue weighted by atomic mass is 15.2. The molecule has 3 N–H and O–H groups in total. The van der Waals surface area contributed by atoms with E-state index in [1.165, 1.54) is 17.7 Å². The highest BCUT2D eigenvalue weighted by Gasteiger charge is 2.27. The van der Waals surface area contributed by atoms with Gasteiger partial charge >= 0.3 is 0 Å². The normalized spacial score (nSPS) is 16.6. The van der Waals surface area contributed by atoms with Crippen LogP contribution in [0.4, 0.5) is 0 Å². The Bertz CT molecular complexity index is 896. The van der Waals surface area contributed by atoms with Gasteiger partial charge in [-0.15, -0.1) is 0 Å². The van der Waals surface area contributed by atoms with Crippen molar-refractivity contribution in [2.45, 2.75) is 38.3 Å². The number of hydrogen-bond acceptors (Lipinski definition) is 4. The molecule has 140 valence electrons. The summed E-state index contributed by atoms with van der Waals surface area (Å²) >= 11 is 0. The van der Waals surface area contributed by atoms with Crippen LogP contribution in [0.5, 0.6) is 0 Å². The Balaban J connectivity index is 1.61. The minimum absolute atomic E-state index is 0.314. The average Bonchev–Trinajstić information content (AvgIpc) is 3.13. The molecule has 1 aliphatic carbocycles. The van der Waals surface area contributed by atoms with Crippen LogP contribution < -0.4 is 5.73 Å². The molecule has 0 amide bonds. The fourth-order valence-corrected chi connectivity index (χ4v) is 3.96. The van der Waals surface area contributed by atoms with Crippen molar-refractivity contribution in [3.8, 4) is 0 Å². The fourth-order valence-electron chi connectivity index (χ4n) is 3.96. The quantitative estimate of drug-likeness (QED) is 0.629. The van der Waals surface area contributed by atoms with Crippen LogP contribution in [0, 0.1) is 0 Å². The van der Waals surface area contributed by atoms with E-state index in [0.29, 0.717) is 12.6 Å². The number of nitrogens with two attached hydrogens (primary N) is 1. The lowest BCUT2D eigenvalue weighted by atomic mass is 9.90. The van der Waals surface area contributed by atoms with Gasteiger partial charge in [0.05, 0.1) is 29.3 Å². The van der Waals surface area contributed by atoms with Gasteiger partial charge in [0.2, 0.25) is 0 Å². The Kier molecular flexibility index (Phi) is 5.32. The second kappa shape index (κ2) is 8.03. The molecule has 0 spiro atoms. The van der Waals surface area contributed by atoms with Gasteiger partial charge < -0.3 is 10.7 Å². The monoisotopic (exact) mass is 361 g/mol. The number of H-pyrrole nitrogens is 1. The van der Waals surface area contributed by atoms with Crippen molar-refractivity contribution in [1.82, 2.24) is 19.9 Å². The van der Waals surface area contributed by atoms with Crippen molar-refractivity contribution < 1.29 is 0 Å². The van der Waals surface area contributed by atoms with E-state index in [0.717, 1.165) is 54.8 Å². The molecule has 2 aromatic heterocycles. The number of hydrogen-bond donors (Lipinski definition) is 2. The molecule has 0 saturated carbocycles. The van der Waals surface area contributed by atoms with Gasteiger partial charge in [-0.1, -0.05) is 30.4 Å². The highest BCUT2D eigenvalue weighted by molar-refractivity contribution is 5.74. The number of fused-ring (bicyclic) bond motifs is 2. The summed E-state index contributed by atoms with van der Waals surface area (Å²) in [5, 5.41) is 0. The zero-order chi connectivity index (χ0) is 18.6. The molecule has 1 aromatic carbocycles. The zero-order valence-corrected chi connectivity index (χ0v) is 15.7. The molecule has 3 aromatic rings. The number of nitrogens with one attached hydrogen (secondary N) is 1. The molecule has 0 fully saturated rings. The molecule has 1 atom stereocenters. The van der Waals surface area contributed by atoms with Crippen molar-refractivity contribution in [2.75, 3.05) is 13.1 Å². The first-order valence-electron chi connectivity index (χ1n) is 9.73. The lowest BCUT2D eigenvalue weighted by Crippen LogP contribution is -2.33. The standard InChI is InChI=1S/C22H27N5/c1-16(14-23)11-13-27(15-21-25-18-8-2-3-9-19(18)26-21)20-10-4-6-17-7-5-12-24-22(17)20/h2-3,5,7-9,12,20H,1,4,6,10-11,13-15,23H2,(H,25,26). The Morgan fingerprint density at radius 2 is 2.15 bits per heavy atom. The fraction of sp³-hybridized carbons (Fsp3) is 0.364. The van der Waals surface area contributed by atoms with Gasteiger partial charge in [0, 0.05) is 19.3 Å². The molecular formula is C22H27N5. The van der Waals surface area contributed by atoms with Crippen molar-refractivity contribution in [3.63, 3.8) is 0 Å². The zero-order valence-electron chi connectivity index (χ0n) is 15.7. The molecule has 0 saturated heterocycles. The van der Waals surface area contributed by atoms with Crippen molar-refractivity contribution in [1.29, 1.82) is 0 Å². The Morgan fingerprint density at radius 3 is 3.00 bits per heavy atom. The number of aromatic nitrogens is 3. The summed E-state index contributed by atoms with van der Waals surface area (Å²) in [6, 6.07) is 12.8. The Hall–Kier alpha value is -2.50. The van der Waals surface area contributed by atoms with E-state index in [1.54, 1.807) is 0 Å². The molecule has 4 rings (SSSR count). The van der Waals surface area contributed by atoms with Crippen LogP contribution in [-0.4, -0.2) is 32.9 Å². The summed E-state index contributed by atoms with van der Waals surface area (Å²) in [5.41, 5.74) is 11.5. The topological polar surface area (TPSA) is 70.8 Å². The predicted molar refractivity (Wildman–Crippen MR) is 109 cm³/mol. The van der Waals surface area contributed by atoms with Crippen LogP contribution in [0.3, 0.4) is 0 Å². The van der Waals surface area contributed by atoms with Gasteiger partial charge in [-0.05, 0) is 49.4 Å². The number of pyridine rings is 1. The maximum atomic E-state index is 5.77. The second-order valence-corrected chi connectivity index (χ2v) is 7.33. The van der Waals surface area contributed by atoms with Gasteiger partial charge in [0.15, 0.2) is 0 Å². The van der Waals surface area contributed by atoms with E-state index < -0.39 is 0 Å². The number of benzene rings is 1. The Labute approximate surface area is 160 Å². The molecule has 27 heavy (non-hydrogen) atoms. The summed E-state index contributed by atoms with van der Waals surface area (Å²) in [4.78, 5) is 15.5. The van der Waals surface area contributed by atoms with E-state index >= 15 is 0 Å². The molecular weight excluding hydrogens is 334 g/mol. The maximum Gasteiger partial charge on any atom is 0.121 e. The summed E-state index contributed by atoms with van der Waals surface area (Å²) < 4.78 is 0. The first-order valence-corrected chi connectivity index (χ1v) is 9.73. The van der Waals surface area contributed by atoms with Crippen LogP contribution in [-0.2, 0) is 13.0 Å². The van der Waals surface area contributed by atoms with Crippen LogP contribution in [0.15, 0.2) is 54.7 Å². The van der Waals surface area contributed by atoms with Gasteiger partial charge in [-0.25, -0.2) is 4.98 Å². The minimum atomic E-state index is 0.314. The number of rotatable bonds is 7. The molecule has 1 aliphatic rings. The number of para-hydroxylation sites is 2. The molecule has 0 aliphatic heterocycles. The van der Waals surface area contributed by atoms with Crippen LogP contribution in [0.25, 0.3) is 11.0 Å². The lowest BCUT2D eigenvalue weighted by Gasteiger charge is -2.34. The smallest absolute Gasteiger partial charge is 0.121 e. The van der Waals surface area contributed by atoms with E-state index in [9.17, 15) is 0 Å². The number of aryl methyl sites for hydroxylation is 1. The molecule has 0 bridgehead atoms. The van der Waals surface area contributed by atoms with E-state index in [2.05, 4.69) is 28.6 Å². The second-order valence-electron chi connectivity index (χ2n) is 7.33. The highest BCUT2D eigenvalue weighted by Crippen LogP contribution is 2.34. The largest absolute Gasteiger partial charge is 0.341 e. The number of nitrogens with zero attached hydrogens (tertiary/aromatic N) is 3. The SMILES string of the molecule is C=C(CN)CCN(Cc1nc2ccccc2[nH]1)C1CCCc2cccnc21. The first-order chi connectivity index (χ1) is 13.2. The van der Waals surface area contributed by atoms with Gasteiger partial charge in [0.1, 0.15) is 5.82 Å². The summed E-state index contributed by atoms with van der Waals surface area (Å²) in [6.45, 7) is 6.31. The molecule has 5 heteroatoms. The maximum absolute atomic E-state index is 5.77. The molecule has 2 heterocycles. The summed E-state index contributed by atoms with van der Waals surface area (Å²) in [7, 11) is 0. The van der Waals surface area contributed by atoms with Crippen LogP contribution in [0.2, 0.25) is 0 Å². The van der Waals surface area contributed by atoms with E-state index in [1.807, 2.05) is 30.5 Å². The van der Waals surface area contributed by atoms with Crippen LogP contribution >= 0.6 is 0 Å². The summed E-state index contributed by atoms with van der Waals surface area (Å²) in [6.07, 6.45) is 6.25. The third kappa shape index (κ3) is 3.94.